The third-order valence-electron chi connectivity index (χ3n) is 2.67. The Morgan fingerprint density at radius 1 is 1.05 bits per heavy atom. The second-order valence-corrected chi connectivity index (χ2v) is 4.54. The minimum Gasteiger partial charge on any atom is -0.489 e. The molecule has 1 unspecified atom stereocenters. The van der Waals surface area contributed by atoms with Crippen LogP contribution >= 0.6 is 0 Å². The molecule has 3 N–H and O–H groups in total. The van der Waals surface area contributed by atoms with Crippen LogP contribution in [-0.2, 0) is 14.2 Å². The van der Waals surface area contributed by atoms with Crippen molar-refractivity contribution in [1.82, 2.24) is 0 Å². The molecule has 0 aliphatic heterocycles. The number of nitrogens with two attached hydrogens (primary N) is 1. The zero-order valence-corrected chi connectivity index (χ0v) is 12.5. The topological polar surface area (TPSA) is 83.2 Å². The van der Waals surface area contributed by atoms with E-state index in [-0.39, 0.29) is 13.2 Å². The van der Waals surface area contributed by atoms with Crippen molar-refractivity contribution >= 4 is 5.69 Å². The van der Waals surface area contributed by atoms with Crippen molar-refractivity contribution in [2.45, 2.75) is 12.5 Å². The van der Waals surface area contributed by atoms with Gasteiger partial charge in [0.2, 0.25) is 0 Å². The lowest BCUT2D eigenvalue weighted by Gasteiger charge is -2.14. The van der Waals surface area contributed by atoms with Gasteiger partial charge in [0, 0.05) is 20.3 Å². The molecule has 0 radical (unpaired) electrons. The molecule has 6 heteroatoms. The molecule has 0 fully saturated rings. The molecule has 0 heterocycles. The number of rotatable bonds is 12. The highest BCUT2D eigenvalue weighted by molar-refractivity contribution is 5.51. The Bertz CT molecular complexity index is 375. The fourth-order valence-corrected chi connectivity index (χ4v) is 1.57. The molecule has 1 aromatic carbocycles. The van der Waals surface area contributed by atoms with Gasteiger partial charge in [-0.25, -0.2) is 0 Å². The van der Waals surface area contributed by atoms with Crippen LogP contribution in [0.5, 0.6) is 5.75 Å². The summed E-state index contributed by atoms with van der Waals surface area (Å²) in [6.45, 7) is 2.72. The normalized spacial score (nSPS) is 12.3. The number of hydrogen-bond donors (Lipinski definition) is 2. The number of benzene rings is 1. The number of para-hydroxylation sites is 2. The zero-order chi connectivity index (χ0) is 15.3. The summed E-state index contributed by atoms with van der Waals surface area (Å²) in [7, 11) is 1.64. The van der Waals surface area contributed by atoms with Gasteiger partial charge in [-0.15, -0.1) is 0 Å². The largest absolute Gasteiger partial charge is 0.489 e. The molecule has 21 heavy (non-hydrogen) atoms. The summed E-state index contributed by atoms with van der Waals surface area (Å²) in [5, 5.41) is 9.74. The number of aliphatic hydroxyl groups is 1. The molecule has 0 amide bonds. The molecule has 0 saturated carbocycles. The van der Waals surface area contributed by atoms with Crippen molar-refractivity contribution < 1.29 is 24.1 Å². The molecule has 120 valence electrons. The predicted molar refractivity (Wildman–Crippen MR) is 80.5 cm³/mol. The van der Waals surface area contributed by atoms with Gasteiger partial charge in [-0.3, -0.25) is 0 Å². The predicted octanol–water partition coefficient (Wildman–Crippen LogP) is 1.08. The number of ether oxygens (including phenoxy) is 4. The lowest BCUT2D eigenvalue weighted by molar-refractivity contribution is 0.00189. The van der Waals surface area contributed by atoms with Gasteiger partial charge in [-0.05, 0) is 18.6 Å². The van der Waals surface area contributed by atoms with Crippen molar-refractivity contribution in [1.29, 1.82) is 0 Å². The van der Waals surface area contributed by atoms with E-state index < -0.39 is 6.10 Å². The fraction of sp³-hybridized carbons (Fsp3) is 0.600. The summed E-state index contributed by atoms with van der Waals surface area (Å²) in [6.07, 6.45) is 0.0992. The van der Waals surface area contributed by atoms with E-state index in [1.807, 2.05) is 12.1 Å². The van der Waals surface area contributed by atoms with E-state index in [0.29, 0.717) is 37.9 Å². The monoisotopic (exact) mass is 299 g/mol. The minimum absolute atomic E-state index is 0.151. The van der Waals surface area contributed by atoms with E-state index in [0.717, 1.165) is 6.42 Å². The Hall–Kier alpha value is -1.34. The van der Waals surface area contributed by atoms with Gasteiger partial charge < -0.3 is 29.8 Å². The lowest BCUT2D eigenvalue weighted by Crippen LogP contribution is -2.24. The van der Waals surface area contributed by atoms with E-state index in [1.165, 1.54) is 0 Å². The van der Waals surface area contributed by atoms with Crippen LogP contribution in [0.1, 0.15) is 6.42 Å². The second kappa shape index (κ2) is 11.3. The van der Waals surface area contributed by atoms with Gasteiger partial charge in [0.1, 0.15) is 18.5 Å². The second-order valence-electron chi connectivity index (χ2n) is 4.54. The van der Waals surface area contributed by atoms with Crippen LogP contribution < -0.4 is 10.5 Å². The average molecular weight is 299 g/mol. The van der Waals surface area contributed by atoms with Gasteiger partial charge in [0.15, 0.2) is 0 Å². The summed E-state index contributed by atoms with van der Waals surface area (Å²) in [5.41, 5.74) is 6.29. The van der Waals surface area contributed by atoms with E-state index in [1.54, 1.807) is 19.2 Å². The highest BCUT2D eigenvalue weighted by atomic mass is 16.5. The molecule has 0 spiro atoms. The van der Waals surface area contributed by atoms with Crippen LogP contribution in [-0.4, -0.2) is 58.0 Å². The van der Waals surface area contributed by atoms with Crippen molar-refractivity contribution in [2.75, 3.05) is 52.5 Å². The first-order chi connectivity index (χ1) is 10.2. The third kappa shape index (κ3) is 8.52. The van der Waals surface area contributed by atoms with Crippen molar-refractivity contribution in [3.8, 4) is 5.75 Å². The zero-order valence-electron chi connectivity index (χ0n) is 12.5. The molecule has 1 aromatic rings. The van der Waals surface area contributed by atoms with Crippen molar-refractivity contribution in [3.63, 3.8) is 0 Å². The Morgan fingerprint density at radius 3 is 2.57 bits per heavy atom. The van der Waals surface area contributed by atoms with Crippen LogP contribution in [0, 0.1) is 0 Å². The molecule has 0 aromatic heterocycles. The summed E-state index contributed by atoms with van der Waals surface area (Å²) in [5.74, 6) is 0.572. The Labute approximate surface area is 125 Å². The highest BCUT2D eigenvalue weighted by Gasteiger charge is 2.06. The summed E-state index contributed by atoms with van der Waals surface area (Å²) < 4.78 is 20.9. The summed E-state index contributed by atoms with van der Waals surface area (Å²) in [6, 6.07) is 7.18. The smallest absolute Gasteiger partial charge is 0.142 e. The Kier molecular flexibility index (Phi) is 9.56. The molecule has 1 rings (SSSR count). The van der Waals surface area contributed by atoms with Gasteiger partial charge in [-0.1, -0.05) is 12.1 Å². The molecule has 0 aliphatic rings. The van der Waals surface area contributed by atoms with Crippen molar-refractivity contribution in [2.24, 2.45) is 0 Å². The SMILES string of the molecule is COCCOCCCOCC(O)COc1ccccc1N. The van der Waals surface area contributed by atoms with Crippen LogP contribution in [0.2, 0.25) is 0 Å². The van der Waals surface area contributed by atoms with Gasteiger partial charge in [0.25, 0.3) is 0 Å². The highest BCUT2D eigenvalue weighted by Crippen LogP contribution is 2.19. The van der Waals surface area contributed by atoms with Crippen molar-refractivity contribution in [3.05, 3.63) is 24.3 Å². The molecule has 0 bridgehead atoms. The molecular weight excluding hydrogens is 274 g/mol. The van der Waals surface area contributed by atoms with E-state index in [9.17, 15) is 5.11 Å². The molecule has 1 atom stereocenters. The van der Waals surface area contributed by atoms with Crippen LogP contribution in [0.25, 0.3) is 0 Å². The van der Waals surface area contributed by atoms with Crippen LogP contribution in [0.4, 0.5) is 5.69 Å². The Balaban J connectivity index is 1.99. The maximum Gasteiger partial charge on any atom is 0.142 e. The first-order valence-corrected chi connectivity index (χ1v) is 7.04. The minimum atomic E-state index is -0.681. The fourth-order valence-electron chi connectivity index (χ4n) is 1.57. The summed E-state index contributed by atoms with van der Waals surface area (Å²) in [4.78, 5) is 0. The van der Waals surface area contributed by atoms with Crippen LogP contribution in [0.3, 0.4) is 0 Å². The Morgan fingerprint density at radius 2 is 1.81 bits per heavy atom. The number of anilines is 1. The first-order valence-electron chi connectivity index (χ1n) is 7.04. The maximum absolute atomic E-state index is 9.74. The molecular formula is C15H25NO5. The molecule has 0 aliphatic carbocycles. The van der Waals surface area contributed by atoms with Gasteiger partial charge >= 0.3 is 0 Å². The van der Waals surface area contributed by atoms with E-state index >= 15 is 0 Å². The standard InChI is InChI=1S/C15H25NO5/c1-18-9-10-19-7-4-8-20-11-13(17)12-21-15-6-3-2-5-14(15)16/h2-3,5-6,13,17H,4,7-12,16H2,1H3. The van der Waals surface area contributed by atoms with E-state index in [2.05, 4.69) is 0 Å². The number of hydrogen-bond acceptors (Lipinski definition) is 6. The maximum atomic E-state index is 9.74. The number of nitrogen functional groups attached to an aromatic ring is 1. The van der Waals surface area contributed by atoms with E-state index in [4.69, 9.17) is 24.7 Å². The number of methoxy groups -OCH3 is 1. The number of aliphatic hydroxyl groups excluding tert-OH is 1. The molecule has 0 saturated heterocycles. The lowest BCUT2D eigenvalue weighted by atomic mass is 10.3. The average Bonchev–Trinajstić information content (AvgIpc) is 2.49. The quantitative estimate of drug-likeness (QED) is 0.444. The van der Waals surface area contributed by atoms with Gasteiger partial charge in [-0.2, -0.15) is 0 Å². The first kappa shape index (κ1) is 17.7. The molecule has 6 nitrogen and oxygen atoms in total. The third-order valence-corrected chi connectivity index (χ3v) is 2.67. The summed E-state index contributed by atoms with van der Waals surface area (Å²) >= 11 is 0. The van der Waals surface area contributed by atoms with Crippen LogP contribution in [0.15, 0.2) is 24.3 Å². The van der Waals surface area contributed by atoms with Gasteiger partial charge in [0.05, 0.1) is 25.5 Å².